The number of nitrogen functional groups attached to an aromatic ring is 1. The van der Waals surface area contributed by atoms with Gasteiger partial charge in [0.25, 0.3) is 0 Å². The molecule has 0 spiro atoms. The van der Waals surface area contributed by atoms with Gasteiger partial charge in [-0.05, 0) is 18.1 Å². The number of fused-ring (bicyclic) bond motifs is 1. The number of anilines is 1. The number of nitrogens with two attached hydrogens (primary N) is 1. The van der Waals surface area contributed by atoms with E-state index in [0.29, 0.717) is 5.95 Å². The summed E-state index contributed by atoms with van der Waals surface area (Å²) in [5.74, 6) is 0.370. The van der Waals surface area contributed by atoms with Gasteiger partial charge in [0.1, 0.15) is 0 Å². The van der Waals surface area contributed by atoms with Crippen molar-refractivity contribution in [3.63, 3.8) is 0 Å². The number of pyridine rings is 1. The number of hydrogen-bond donors (Lipinski definition) is 1. The van der Waals surface area contributed by atoms with Crippen LogP contribution >= 0.6 is 0 Å². The van der Waals surface area contributed by atoms with Gasteiger partial charge in [0, 0.05) is 50.2 Å². The molecule has 3 heterocycles. The predicted octanol–water partition coefficient (Wildman–Crippen LogP) is 1.32. The van der Waals surface area contributed by atoms with Crippen LogP contribution in [0.15, 0.2) is 24.7 Å². The summed E-state index contributed by atoms with van der Waals surface area (Å²) in [6.45, 7) is 4.86. The molecule has 0 atom stereocenters. The molecule has 2 N–H and O–H groups in total. The number of rotatable bonds is 2. The monoisotopic (exact) mass is 255 g/mol. The van der Waals surface area contributed by atoms with Crippen LogP contribution in [0.1, 0.15) is 22.4 Å². The Morgan fingerprint density at radius 2 is 2.21 bits per heavy atom. The van der Waals surface area contributed by atoms with Crippen LogP contribution in [0.3, 0.4) is 0 Å². The molecule has 1 aliphatic heterocycles. The van der Waals surface area contributed by atoms with Crippen LogP contribution in [0.2, 0.25) is 0 Å². The van der Waals surface area contributed by atoms with E-state index < -0.39 is 0 Å². The first-order valence-corrected chi connectivity index (χ1v) is 6.44. The smallest absolute Gasteiger partial charge is 0.220 e. The molecule has 5 nitrogen and oxygen atoms in total. The fraction of sp³-hybridized carbons (Fsp3) is 0.357. The Balaban J connectivity index is 1.74. The van der Waals surface area contributed by atoms with E-state index in [2.05, 4.69) is 32.8 Å². The highest BCUT2D eigenvalue weighted by atomic mass is 15.1. The van der Waals surface area contributed by atoms with Crippen LogP contribution in [0, 0.1) is 6.92 Å². The summed E-state index contributed by atoms with van der Waals surface area (Å²) in [5.41, 5.74) is 10.3. The summed E-state index contributed by atoms with van der Waals surface area (Å²) < 4.78 is 0. The standard InChI is InChI=1S/C14H17N5/c1-10-4-11(6-16-5-10)8-19-3-2-13-12(9-19)7-17-14(15)18-13/h4-7H,2-3,8-9H2,1H3,(H2,15,17,18). The van der Waals surface area contributed by atoms with Crippen molar-refractivity contribution in [3.8, 4) is 0 Å². The third kappa shape index (κ3) is 2.71. The lowest BCUT2D eigenvalue weighted by Gasteiger charge is -2.27. The van der Waals surface area contributed by atoms with E-state index in [0.717, 1.165) is 31.7 Å². The minimum Gasteiger partial charge on any atom is -0.368 e. The molecule has 1 aliphatic rings. The Kier molecular flexibility index (Phi) is 3.13. The van der Waals surface area contributed by atoms with Crippen molar-refractivity contribution in [2.45, 2.75) is 26.4 Å². The molecule has 19 heavy (non-hydrogen) atoms. The Morgan fingerprint density at radius 1 is 1.32 bits per heavy atom. The number of nitrogens with zero attached hydrogens (tertiary/aromatic N) is 4. The average Bonchev–Trinajstić information content (AvgIpc) is 2.39. The molecule has 0 unspecified atom stereocenters. The number of hydrogen-bond acceptors (Lipinski definition) is 5. The number of aromatic nitrogens is 3. The molecular weight excluding hydrogens is 238 g/mol. The van der Waals surface area contributed by atoms with Gasteiger partial charge in [-0.2, -0.15) is 0 Å². The molecule has 0 saturated heterocycles. The van der Waals surface area contributed by atoms with Crippen molar-refractivity contribution in [1.29, 1.82) is 0 Å². The molecular formula is C14H17N5. The fourth-order valence-corrected chi connectivity index (χ4v) is 2.49. The zero-order valence-electron chi connectivity index (χ0n) is 11.0. The van der Waals surface area contributed by atoms with E-state index in [-0.39, 0.29) is 0 Å². The van der Waals surface area contributed by atoms with E-state index in [1.54, 1.807) is 0 Å². The van der Waals surface area contributed by atoms with E-state index in [4.69, 9.17) is 5.73 Å². The van der Waals surface area contributed by atoms with Gasteiger partial charge in [0.15, 0.2) is 0 Å². The minimum absolute atomic E-state index is 0.370. The highest BCUT2D eigenvalue weighted by Gasteiger charge is 2.18. The topological polar surface area (TPSA) is 67.9 Å². The van der Waals surface area contributed by atoms with Gasteiger partial charge in [0.05, 0.1) is 5.69 Å². The summed E-state index contributed by atoms with van der Waals surface area (Å²) in [6.07, 6.45) is 6.59. The van der Waals surface area contributed by atoms with Crippen molar-refractivity contribution < 1.29 is 0 Å². The largest absolute Gasteiger partial charge is 0.368 e. The molecule has 98 valence electrons. The maximum absolute atomic E-state index is 5.61. The summed E-state index contributed by atoms with van der Waals surface area (Å²) >= 11 is 0. The average molecular weight is 255 g/mol. The summed E-state index contributed by atoms with van der Waals surface area (Å²) in [4.78, 5) is 15.0. The lowest BCUT2D eigenvalue weighted by Crippen LogP contribution is -2.31. The highest BCUT2D eigenvalue weighted by molar-refractivity contribution is 5.27. The molecule has 0 aromatic carbocycles. The molecule has 2 aromatic heterocycles. The van der Waals surface area contributed by atoms with Crippen molar-refractivity contribution in [2.24, 2.45) is 0 Å². The molecule has 3 rings (SSSR count). The van der Waals surface area contributed by atoms with E-state index in [1.807, 2.05) is 18.6 Å². The Hall–Kier alpha value is -2.01. The Bertz CT molecular complexity index is 596. The van der Waals surface area contributed by atoms with Gasteiger partial charge in [0.2, 0.25) is 5.95 Å². The minimum atomic E-state index is 0.370. The number of aryl methyl sites for hydroxylation is 1. The van der Waals surface area contributed by atoms with Crippen LogP contribution < -0.4 is 5.73 Å². The van der Waals surface area contributed by atoms with Gasteiger partial charge in [-0.25, -0.2) is 9.97 Å². The summed E-state index contributed by atoms with van der Waals surface area (Å²) in [5, 5.41) is 0. The van der Waals surface area contributed by atoms with Crippen LogP contribution in [0.5, 0.6) is 0 Å². The van der Waals surface area contributed by atoms with Crippen LogP contribution in [0.4, 0.5) is 5.95 Å². The summed E-state index contributed by atoms with van der Waals surface area (Å²) in [7, 11) is 0. The quantitative estimate of drug-likeness (QED) is 0.876. The van der Waals surface area contributed by atoms with Crippen molar-refractivity contribution in [3.05, 3.63) is 47.0 Å². The van der Waals surface area contributed by atoms with E-state index in [1.165, 1.54) is 16.7 Å². The van der Waals surface area contributed by atoms with E-state index in [9.17, 15) is 0 Å². The van der Waals surface area contributed by atoms with Gasteiger partial charge < -0.3 is 5.73 Å². The Morgan fingerprint density at radius 3 is 3.05 bits per heavy atom. The molecule has 0 aliphatic carbocycles. The van der Waals surface area contributed by atoms with Crippen molar-refractivity contribution in [1.82, 2.24) is 19.9 Å². The third-order valence-corrected chi connectivity index (χ3v) is 3.37. The predicted molar refractivity (Wildman–Crippen MR) is 73.2 cm³/mol. The fourth-order valence-electron chi connectivity index (χ4n) is 2.49. The summed E-state index contributed by atoms with van der Waals surface area (Å²) in [6, 6.07) is 2.18. The van der Waals surface area contributed by atoms with Crippen LogP contribution in [-0.2, 0) is 19.5 Å². The van der Waals surface area contributed by atoms with E-state index >= 15 is 0 Å². The second-order valence-corrected chi connectivity index (χ2v) is 5.03. The van der Waals surface area contributed by atoms with Crippen LogP contribution in [0.25, 0.3) is 0 Å². The van der Waals surface area contributed by atoms with Gasteiger partial charge in [-0.3, -0.25) is 9.88 Å². The Labute approximate surface area is 112 Å². The molecule has 0 fully saturated rings. The first kappa shape index (κ1) is 12.0. The molecule has 0 bridgehead atoms. The molecule has 0 amide bonds. The van der Waals surface area contributed by atoms with Gasteiger partial charge in [-0.15, -0.1) is 0 Å². The second-order valence-electron chi connectivity index (χ2n) is 5.03. The first-order valence-electron chi connectivity index (χ1n) is 6.44. The molecule has 0 radical (unpaired) electrons. The maximum atomic E-state index is 5.61. The second kappa shape index (κ2) is 4.93. The van der Waals surface area contributed by atoms with Crippen LogP contribution in [-0.4, -0.2) is 26.4 Å². The molecule has 0 saturated carbocycles. The van der Waals surface area contributed by atoms with Crippen molar-refractivity contribution >= 4 is 5.95 Å². The van der Waals surface area contributed by atoms with Crippen molar-refractivity contribution in [2.75, 3.05) is 12.3 Å². The van der Waals surface area contributed by atoms with Gasteiger partial charge in [-0.1, -0.05) is 6.07 Å². The third-order valence-electron chi connectivity index (χ3n) is 3.37. The van der Waals surface area contributed by atoms with Gasteiger partial charge >= 0.3 is 0 Å². The lowest BCUT2D eigenvalue weighted by molar-refractivity contribution is 0.242. The zero-order chi connectivity index (χ0) is 13.2. The maximum Gasteiger partial charge on any atom is 0.220 e. The first-order chi connectivity index (χ1) is 9.20. The SMILES string of the molecule is Cc1cncc(CN2CCc3nc(N)ncc3C2)c1. The zero-order valence-corrected chi connectivity index (χ0v) is 11.0. The highest BCUT2D eigenvalue weighted by Crippen LogP contribution is 2.18. The lowest BCUT2D eigenvalue weighted by atomic mass is 10.1. The molecule has 5 heteroatoms. The normalized spacial score (nSPS) is 15.2. The molecule has 2 aromatic rings.